The number of carbonyl (C=O) groups excluding carboxylic acids is 3. The summed E-state index contributed by atoms with van der Waals surface area (Å²) in [7, 11) is 0. The number of carboxylic acids is 2. The highest BCUT2D eigenvalue weighted by molar-refractivity contribution is 6.03. The number of aromatic carboxylic acids is 1. The Hall–Kier alpha value is -3.69. The predicted molar refractivity (Wildman–Crippen MR) is 96.4 cm³/mol. The fourth-order valence-electron chi connectivity index (χ4n) is 2.18. The molecule has 0 bridgehead atoms. The lowest BCUT2D eigenvalue weighted by Gasteiger charge is -2.11. The highest BCUT2D eigenvalue weighted by Gasteiger charge is 2.21. The van der Waals surface area contributed by atoms with E-state index in [0.717, 1.165) is 6.08 Å². The third kappa shape index (κ3) is 8.24. The summed E-state index contributed by atoms with van der Waals surface area (Å²) >= 11 is 0. The molecule has 0 heterocycles. The predicted octanol–water partition coefficient (Wildman–Crippen LogP) is 1.22. The molecule has 2 N–H and O–H groups in total. The summed E-state index contributed by atoms with van der Waals surface area (Å²) in [5.41, 5.74) is -0.252. The summed E-state index contributed by atoms with van der Waals surface area (Å²) in [6.45, 7) is 2.47. The largest absolute Gasteiger partial charge is 0.481 e. The van der Waals surface area contributed by atoms with Crippen molar-refractivity contribution in [3.05, 3.63) is 47.5 Å². The van der Waals surface area contributed by atoms with Crippen LogP contribution in [0.4, 0.5) is 0 Å². The van der Waals surface area contributed by atoms with Gasteiger partial charge < -0.3 is 24.4 Å². The second-order valence-corrected chi connectivity index (χ2v) is 5.52. The minimum Gasteiger partial charge on any atom is -0.481 e. The summed E-state index contributed by atoms with van der Waals surface area (Å²) < 4.78 is 14.4. The molecule has 0 aliphatic rings. The fourth-order valence-corrected chi connectivity index (χ4v) is 2.18. The highest BCUT2D eigenvalue weighted by atomic mass is 16.6. The molecule has 0 radical (unpaired) electrons. The normalized spacial score (nSPS) is 9.93. The van der Waals surface area contributed by atoms with Gasteiger partial charge in [0.25, 0.3) is 0 Å². The summed E-state index contributed by atoms with van der Waals surface area (Å²) in [6, 6.07) is 4.19. The Labute approximate surface area is 165 Å². The number of benzene rings is 1. The zero-order valence-electron chi connectivity index (χ0n) is 15.4. The number of esters is 3. The third-order valence-corrected chi connectivity index (χ3v) is 3.49. The number of ether oxygens (including phenoxy) is 3. The molecule has 156 valence electrons. The van der Waals surface area contributed by atoms with Crippen LogP contribution in [0.25, 0.3) is 0 Å². The number of carbonyl (C=O) groups is 5. The van der Waals surface area contributed by atoms with Gasteiger partial charge in [0.1, 0.15) is 13.2 Å². The molecule has 1 rings (SSSR count). The van der Waals surface area contributed by atoms with Crippen molar-refractivity contribution in [1.29, 1.82) is 0 Å². The van der Waals surface area contributed by atoms with Gasteiger partial charge in [0, 0.05) is 12.5 Å². The van der Waals surface area contributed by atoms with Gasteiger partial charge in [-0.1, -0.05) is 18.7 Å². The molecule has 0 aromatic heterocycles. The molecule has 29 heavy (non-hydrogen) atoms. The molecule has 0 unspecified atom stereocenters. The van der Waals surface area contributed by atoms with Crippen molar-refractivity contribution in [3.63, 3.8) is 0 Å². The van der Waals surface area contributed by atoms with Crippen molar-refractivity contribution in [2.75, 3.05) is 19.8 Å². The van der Waals surface area contributed by atoms with Crippen LogP contribution in [0, 0.1) is 0 Å². The van der Waals surface area contributed by atoms with E-state index in [1.54, 1.807) is 0 Å². The van der Waals surface area contributed by atoms with Crippen LogP contribution in [0.2, 0.25) is 0 Å². The Kier molecular flexibility index (Phi) is 9.59. The maximum absolute atomic E-state index is 12.2. The first kappa shape index (κ1) is 23.3. The molecular formula is C19H20O10. The lowest BCUT2D eigenvalue weighted by molar-refractivity contribution is -0.147. The van der Waals surface area contributed by atoms with E-state index < -0.39 is 29.8 Å². The van der Waals surface area contributed by atoms with Crippen LogP contribution in [0.3, 0.4) is 0 Å². The van der Waals surface area contributed by atoms with Crippen molar-refractivity contribution >= 4 is 29.8 Å². The molecule has 0 amide bonds. The van der Waals surface area contributed by atoms with Gasteiger partial charge >= 0.3 is 29.8 Å². The van der Waals surface area contributed by atoms with Gasteiger partial charge in [0.15, 0.2) is 0 Å². The van der Waals surface area contributed by atoms with E-state index in [9.17, 15) is 29.1 Å². The van der Waals surface area contributed by atoms with Crippen molar-refractivity contribution in [2.24, 2.45) is 0 Å². The van der Waals surface area contributed by atoms with E-state index >= 15 is 0 Å². The van der Waals surface area contributed by atoms with Gasteiger partial charge in [-0.3, -0.25) is 9.59 Å². The average molecular weight is 408 g/mol. The average Bonchev–Trinajstić information content (AvgIpc) is 2.66. The Bertz CT molecular complexity index is 796. The molecule has 0 atom stereocenters. The quantitative estimate of drug-likeness (QED) is 0.293. The highest BCUT2D eigenvalue weighted by Crippen LogP contribution is 2.17. The lowest BCUT2D eigenvalue weighted by Crippen LogP contribution is -2.17. The summed E-state index contributed by atoms with van der Waals surface area (Å²) in [6.07, 6.45) is 0.365. The van der Waals surface area contributed by atoms with Crippen LogP contribution in [0.5, 0.6) is 0 Å². The maximum Gasteiger partial charge on any atom is 0.339 e. The molecule has 0 aliphatic carbocycles. The van der Waals surface area contributed by atoms with E-state index in [-0.39, 0.29) is 55.8 Å². The van der Waals surface area contributed by atoms with Crippen LogP contribution >= 0.6 is 0 Å². The van der Waals surface area contributed by atoms with Gasteiger partial charge in [-0.05, 0) is 11.6 Å². The molecule has 0 aliphatic heterocycles. The monoisotopic (exact) mass is 408 g/mol. The van der Waals surface area contributed by atoms with E-state index in [1.165, 1.54) is 18.2 Å². The molecule has 10 heteroatoms. The smallest absolute Gasteiger partial charge is 0.339 e. The lowest BCUT2D eigenvalue weighted by atomic mass is 9.99. The Balaban J connectivity index is 2.70. The topological polar surface area (TPSA) is 154 Å². The minimum absolute atomic E-state index is 0.0538. The number of hydrogen-bond acceptors (Lipinski definition) is 8. The first-order chi connectivity index (χ1) is 13.8. The van der Waals surface area contributed by atoms with E-state index in [1.807, 2.05) is 0 Å². The molecule has 10 nitrogen and oxygen atoms in total. The standard InChI is InChI=1S/C19H20O10/c1-2-15(22)27-9-6-12-4-3-5-13(17(12)18(24)25)19(26)29-11-8-16(23)28-10-7-14(20)21/h2-5H,1,6-11H2,(H,20,21)(H,24,25). The SMILES string of the molecule is C=CC(=O)OCCc1cccc(C(=O)OCCC(=O)OCCC(=O)O)c1C(=O)O. The van der Waals surface area contributed by atoms with Crippen LogP contribution in [0.15, 0.2) is 30.9 Å². The third-order valence-electron chi connectivity index (χ3n) is 3.49. The Morgan fingerprint density at radius 2 is 1.62 bits per heavy atom. The molecule has 0 spiro atoms. The molecule has 0 saturated carbocycles. The molecule has 0 saturated heterocycles. The first-order valence-corrected chi connectivity index (χ1v) is 8.45. The summed E-state index contributed by atoms with van der Waals surface area (Å²) in [5, 5.41) is 17.9. The van der Waals surface area contributed by atoms with E-state index in [2.05, 4.69) is 11.3 Å². The van der Waals surface area contributed by atoms with Gasteiger partial charge in [0.2, 0.25) is 0 Å². The maximum atomic E-state index is 12.2. The number of aliphatic carboxylic acids is 1. The molecular weight excluding hydrogens is 388 g/mol. The second-order valence-electron chi connectivity index (χ2n) is 5.52. The van der Waals surface area contributed by atoms with Crippen molar-refractivity contribution < 1.29 is 48.4 Å². The summed E-state index contributed by atoms with van der Waals surface area (Å²) in [4.78, 5) is 56.6. The van der Waals surface area contributed by atoms with E-state index in [4.69, 9.17) is 14.6 Å². The van der Waals surface area contributed by atoms with Gasteiger partial charge in [-0.15, -0.1) is 0 Å². The van der Waals surface area contributed by atoms with Gasteiger partial charge in [0.05, 0.1) is 30.6 Å². The van der Waals surface area contributed by atoms with Gasteiger partial charge in [-0.25, -0.2) is 14.4 Å². The minimum atomic E-state index is -1.37. The van der Waals surface area contributed by atoms with Crippen LogP contribution < -0.4 is 0 Å². The second kappa shape index (κ2) is 11.9. The van der Waals surface area contributed by atoms with Crippen LogP contribution in [-0.4, -0.2) is 59.9 Å². The first-order valence-electron chi connectivity index (χ1n) is 8.45. The van der Waals surface area contributed by atoms with Crippen LogP contribution in [-0.2, 0) is 35.0 Å². The Morgan fingerprint density at radius 1 is 0.931 bits per heavy atom. The Morgan fingerprint density at radius 3 is 2.24 bits per heavy atom. The summed E-state index contributed by atoms with van der Waals surface area (Å²) in [5.74, 6) is -4.85. The molecule has 1 aromatic rings. The van der Waals surface area contributed by atoms with Crippen molar-refractivity contribution in [1.82, 2.24) is 0 Å². The zero-order valence-corrected chi connectivity index (χ0v) is 15.4. The molecule has 1 aromatic carbocycles. The van der Waals surface area contributed by atoms with Crippen LogP contribution in [0.1, 0.15) is 39.1 Å². The number of carboxylic acid groups (broad SMARTS) is 2. The van der Waals surface area contributed by atoms with Gasteiger partial charge in [-0.2, -0.15) is 0 Å². The number of hydrogen-bond donors (Lipinski definition) is 2. The molecule has 0 fully saturated rings. The zero-order chi connectivity index (χ0) is 21.8. The number of rotatable bonds is 12. The fraction of sp³-hybridized carbons (Fsp3) is 0.316. The van der Waals surface area contributed by atoms with Crippen molar-refractivity contribution in [3.8, 4) is 0 Å². The van der Waals surface area contributed by atoms with Crippen molar-refractivity contribution in [2.45, 2.75) is 19.3 Å². The van der Waals surface area contributed by atoms with E-state index in [0.29, 0.717) is 0 Å².